The number of unbranched alkanes of at least 4 members (excludes halogenated alkanes) is 3. The van der Waals surface area contributed by atoms with Gasteiger partial charge in [-0.2, -0.15) is 0 Å². The minimum atomic E-state index is -0.452. The van der Waals surface area contributed by atoms with Crippen molar-refractivity contribution in [2.75, 3.05) is 6.61 Å². The summed E-state index contributed by atoms with van der Waals surface area (Å²) in [4.78, 5) is 24.8. The second-order valence-corrected chi connectivity index (χ2v) is 6.35. The van der Waals surface area contributed by atoms with Crippen LogP contribution >= 0.6 is 0 Å². The fourth-order valence-corrected chi connectivity index (χ4v) is 2.73. The molecule has 0 unspecified atom stereocenters. The maximum absolute atomic E-state index is 12.5. The van der Waals surface area contributed by atoms with Crippen molar-refractivity contribution < 1.29 is 19.1 Å². The van der Waals surface area contributed by atoms with Gasteiger partial charge in [0.25, 0.3) is 0 Å². The quantitative estimate of drug-likeness (QED) is 0.367. The van der Waals surface area contributed by atoms with Gasteiger partial charge >= 0.3 is 11.9 Å². The van der Waals surface area contributed by atoms with E-state index in [4.69, 9.17) is 9.47 Å². The van der Waals surface area contributed by atoms with Crippen LogP contribution in [-0.4, -0.2) is 24.6 Å². The van der Waals surface area contributed by atoms with Gasteiger partial charge in [-0.3, -0.25) is 0 Å². The Morgan fingerprint density at radius 1 is 0.840 bits per heavy atom. The lowest BCUT2D eigenvalue weighted by Gasteiger charge is -2.17. The van der Waals surface area contributed by atoms with Gasteiger partial charge in [-0.25, -0.2) is 9.59 Å². The first-order chi connectivity index (χ1) is 12.1. The molecule has 0 aliphatic carbocycles. The van der Waals surface area contributed by atoms with Gasteiger partial charge in [0.1, 0.15) is 6.10 Å². The molecular formula is C21H32O4. The van der Waals surface area contributed by atoms with Crippen molar-refractivity contribution in [2.45, 2.75) is 78.2 Å². The molecule has 0 atom stereocenters. The highest BCUT2D eigenvalue weighted by atomic mass is 16.5. The molecule has 1 aromatic rings. The standard InChI is InChI=1S/C21H32O4/c1-4-7-8-11-16-24-20(22)18-14-9-10-15-19(18)21(23)25-17(12-5-2)13-6-3/h9-10,14-15,17H,4-8,11-13,16H2,1-3H3. The molecule has 0 fully saturated rings. The molecule has 1 aromatic carbocycles. The van der Waals surface area contributed by atoms with Crippen molar-refractivity contribution in [1.82, 2.24) is 0 Å². The molecule has 0 aliphatic rings. The summed E-state index contributed by atoms with van der Waals surface area (Å²) >= 11 is 0. The lowest BCUT2D eigenvalue weighted by molar-refractivity contribution is 0.0249. The van der Waals surface area contributed by atoms with E-state index in [0.717, 1.165) is 51.4 Å². The maximum Gasteiger partial charge on any atom is 0.339 e. The third-order valence-electron chi connectivity index (χ3n) is 4.09. The zero-order chi connectivity index (χ0) is 18.5. The fraction of sp³-hybridized carbons (Fsp3) is 0.619. The SMILES string of the molecule is CCCCCCOC(=O)c1ccccc1C(=O)OC(CCC)CCC. The van der Waals surface area contributed by atoms with Gasteiger partial charge in [-0.1, -0.05) is 65.0 Å². The molecule has 0 aromatic heterocycles. The van der Waals surface area contributed by atoms with Gasteiger partial charge in [-0.15, -0.1) is 0 Å². The van der Waals surface area contributed by atoms with E-state index in [-0.39, 0.29) is 11.7 Å². The van der Waals surface area contributed by atoms with E-state index in [1.165, 1.54) is 0 Å². The van der Waals surface area contributed by atoms with Crippen LogP contribution in [0.15, 0.2) is 24.3 Å². The number of carbonyl (C=O) groups is 2. The molecule has 1 rings (SSSR count). The highest BCUT2D eigenvalue weighted by Gasteiger charge is 2.21. The van der Waals surface area contributed by atoms with Crippen molar-refractivity contribution in [3.05, 3.63) is 35.4 Å². The molecule has 25 heavy (non-hydrogen) atoms. The van der Waals surface area contributed by atoms with Crippen LogP contribution in [0.5, 0.6) is 0 Å². The van der Waals surface area contributed by atoms with Gasteiger partial charge in [-0.05, 0) is 31.4 Å². The monoisotopic (exact) mass is 348 g/mol. The number of esters is 2. The Hall–Kier alpha value is -1.84. The Kier molecular flexibility index (Phi) is 10.6. The summed E-state index contributed by atoms with van der Waals surface area (Å²) in [6, 6.07) is 6.73. The van der Waals surface area contributed by atoms with Gasteiger partial charge in [0.05, 0.1) is 17.7 Å². The van der Waals surface area contributed by atoms with Crippen LogP contribution in [-0.2, 0) is 9.47 Å². The lowest BCUT2D eigenvalue weighted by Crippen LogP contribution is -2.20. The van der Waals surface area contributed by atoms with E-state index in [1.54, 1.807) is 24.3 Å². The summed E-state index contributed by atoms with van der Waals surface area (Å²) in [6.45, 7) is 6.66. The Bertz CT molecular complexity index is 518. The second-order valence-electron chi connectivity index (χ2n) is 6.35. The third-order valence-corrected chi connectivity index (χ3v) is 4.09. The van der Waals surface area contributed by atoms with Crippen molar-refractivity contribution >= 4 is 11.9 Å². The molecule has 0 radical (unpaired) electrons. The Labute approximate surface area is 151 Å². The van der Waals surface area contributed by atoms with Crippen LogP contribution in [0.2, 0.25) is 0 Å². The average molecular weight is 348 g/mol. The molecule has 0 bridgehead atoms. The predicted octanol–water partition coefficient (Wildman–Crippen LogP) is 5.55. The lowest BCUT2D eigenvalue weighted by atomic mass is 10.1. The molecule has 0 spiro atoms. The highest BCUT2D eigenvalue weighted by Crippen LogP contribution is 2.17. The summed E-state index contributed by atoms with van der Waals surface area (Å²) in [5, 5.41) is 0. The van der Waals surface area contributed by atoms with E-state index in [2.05, 4.69) is 20.8 Å². The molecule has 0 saturated heterocycles. The summed E-state index contributed by atoms with van der Waals surface area (Å²) in [7, 11) is 0. The number of ether oxygens (including phenoxy) is 2. The number of rotatable bonds is 12. The van der Waals surface area contributed by atoms with E-state index in [1.807, 2.05) is 0 Å². The molecule has 0 saturated carbocycles. The summed E-state index contributed by atoms with van der Waals surface area (Å²) in [5.41, 5.74) is 0.577. The molecule has 0 N–H and O–H groups in total. The molecule has 140 valence electrons. The largest absolute Gasteiger partial charge is 0.462 e. The molecule has 4 heteroatoms. The van der Waals surface area contributed by atoms with Crippen LogP contribution in [0.4, 0.5) is 0 Å². The first kappa shape index (κ1) is 21.2. The van der Waals surface area contributed by atoms with Gasteiger partial charge in [0.2, 0.25) is 0 Å². The molecule has 4 nitrogen and oxygen atoms in total. The highest BCUT2D eigenvalue weighted by molar-refractivity contribution is 6.03. The minimum absolute atomic E-state index is 0.0966. The van der Waals surface area contributed by atoms with Crippen molar-refractivity contribution in [3.8, 4) is 0 Å². The van der Waals surface area contributed by atoms with Crippen molar-refractivity contribution in [3.63, 3.8) is 0 Å². The first-order valence-corrected chi connectivity index (χ1v) is 9.61. The summed E-state index contributed by atoms with van der Waals surface area (Å²) < 4.78 is 10.9. The zero-order valence-electron chi connectivity index (χ0n) is 15.9. The Morgan fingerprint density at radius 3 is 2.00 bits per heavy atom. The van der Waals surface area contributed by atoms with E-state index < -0.39 is 11.9 Å². The molecule has 0 aliphatic heterocycles. The third kappa shape index (κ3) is 7.72. The van der Waals surface area contributed by atoms with Gasteiger partial charge < -0.3 is 9.47 Å². The smallest absolute Gasteiger partial charge is 0.339 e. The van der Waals surface area contributed by atoms with E-state index in [9.17, 15) is 9.59 Å². The topological polar surface area (TPSA) is 52.6 Å². The maximum atomic E-state index is 12.5. The van der Waals surface area contributed by atoms with Crippen molar-refractivity contribution in [1.29, 1.82) is 0 Å². The summed E-state index contributed by atoms with van der Waals surface area (Å²) in [5.74, 6) is -0.892. The number of benzene rings is 1. The number of hydrogen-bond acceptors (Lipinski definition) is 4. The number of hydrogen-bond donors (Lipinski definition) is 0. The van der Waals surface area contributed by atoms with E-state index in [0.29, 0.717) is 12.2 Å². The zero-order valence-corrected chi connectivity index (χ0v) is 15.9. The minimum Gasteiger partial charge on any atom is -0.462 e. The average Bonchev–Trinajstić information content (AvgIpc) is 2.61. The molecular weight excluding hydrogens is 316 g/mol. The van der Waals surface area contributed by atoms with Crippen molar-refractivity contribution in [2.24, 2.45) is 0 Å². The fourth-order valence-electron chi connectivity index (χ4n) is 2.73. The van der Waals surface area contributed by atoms with Gasteiger partial charge in [0.15, 0.2) is 0 Å². The van der Waals surface area contributed by atoms with Crippen LogP contribution in [0.25, 0.3) is 0 Å². The summed E-state index contributed by atoms with van der Waals surface area (Å²) in [6.07, 6.45) is 7.66. The Balaban J connectivity index is 2.70. The normalized spacial score (nSPS) is 10.7. The molecule has 0 amide bonds. The van der Waals surface area contributed by atoms with E-state index >= 15 is 0 Å². The first-order valence-electron chi connectivity index (χ1n) is 9.61. The second kappa shape index (κ2) is 12.5. The number of carbonyl (C=O) groups excluding carboxylic acids is 2. The van der Waals surface area contributed by atoms with Crippen LogP contribution < -0.4 is 0 Å². The van der Waals surface area contributed by atoms with Crippen LogP contribution in [0, 0.1) is 0 Å². The van der Waals surface area contributed by atoms with Gasteiger partial charge in [0, 0.05) is 0 Å². The molecule has 0 heterocycles. The Morgan fingerprint density at radius 2 is 1.44 bits per heavy atom. The van der Waals surface area contributed by atoms with Crippen LogP contribution in [0.3, 0.4) is 0 Å². The predicted molar refractivity (Wildman–Crippen MR) is 99.9 cm³/mol. The van der Waals surface area contributed by atoms with Crippen LogP contribution in [0.1, 0.15) is 92.9 Å².